The third kappa shape index (κ3) is 5.86. The van der Waals surface area contributed by atoms with Crippen molar-refractivity contribution in [2.75, 3.05) is 31.6 Å². The maximum Gasteiger partial charge on any atom is 0.257 e. The fourth-order valence-corrected chi connectivity index (χ4v) is 3.40. The van der Waals surface area contributed by atoms with E-state index in [0.717, 1.165) is 38.5 Å². The monoisotopic (exact) mass is 398 g/mol. The van der Waals surface area contributed by atoms with Gasteiger partial charge in [0.1, 0.15) is 19.6 Å². The number of nitrogens with one attached hydrogen (secondary N) is 3. The number of rotatable bonds is 5. The van der Waals surface area contributed by atoms with E-state index in [-0.39, 0.29) is 5.91 Å². The largest absolute Gasteiger partial charge is 0.370 e. The number of carbonyl (C=O) groups excluding carboxylic acids is 1. The number of benzene rings is 2. The van der Waals surface area contributed by atoms with Gasteiger partial charge in [0.05, 0.1) is 13.2 Å². The third-order valence-corrected chi connectivity index (χ3v) is 5.14. The van der Waals surface area contributed by atoms with Gasteiger partial charge in [-0.25, -0.2) is 0 Å². The van der Waals surface area contributed by atoms with Crippen molar-refractivity contribution in [2.24, 2.45) is 0 Å². The molecule has 0 bridgehead atoms. The summed E-state index contributed by atoms with van der Waals surface area (Å²) >= 11 is 5.28. The molecule has 1 saturated heterocycles. The molecule has 0 unspecified atom stereocenters. The Balaban J connectivity index is 1.50. The summed E-state index contributed by atoms with van der Waals surface area (Å²) in [7, 11) is 0. The van der Waals surface area contributed by atoms with Crippen LogP contribution in [0.4, 0.5) is 5.69 Å². The number of thiocarbonyl (C=S) groups is 1. The molecule has 6 heteroatoms. The van der Waals surface area contributed by atoms with Crippen molar-refractivity contribution in [2.45, 2.75) is 26.3 Å². The number of hydrogen-bond donors (Lipinski definition) is 3. The van der Waals surface area contributed by atoms with Gasteiger partial charge in [0.25, 0.3) is 5.91 Å². The number of anilines is 1. The van der Waals surface area contributed by atoms with Crippen molar-refractivity contribution in [3.05, 3.63) is 65.2 Å². The Morgan fingerprint density at radius 1 is 1.07 bits per heavy atom. The normalized spacial score (nSPS) is 14.7. The van der Waals surface area contributed by atoms with Gasteiger partial charge in [0, 0.05) is 16.8 Å². The zero-order valence-corrected chi connectivity index (χ0v) is 17.3. The van der Waals surface area contributed by atoms with Crippen LogP contribution in [-0.2, 0) is 11.3 Å². The van der Waals surface area contributed by atoms with Gasteiger partial charge in [0.2, 0.25) is 0 Å². The lowest BCUT2D eigenvalue weighted by Gasteiger charge is -2.23. The first kappa shape index (κ1) is 20.5. The highest BCUT2D eigenvalue weighted by Crippen LogP contribution is 2.15. The van der Waals surface area contributed by atoms with E-state index in [1.165, 1.54) is 11.1 Å². The second-order valence-electron chi connectivity index (χ2n) is 7.42. The molecule has 0 aliphatic carbocycles. The van der Waals surface area contributed by atoms with Crippen molar-refractivity contribution < 1.29 is 14.4 Å². The average molecular weight is 399 g/mol. The van der Waals surface area contributed by atoms with E-state index in [1.54, 1.807) is 4.90 Å². The van der Waals surface area contributed by atoms with Crippen LogP contribution in [0.1, 0.15) is 41.3 Å². The SMILES string of the molecule is CC(C)c1ccc(C(=O)NC(=S)Nc2ccc(C[NH+]3CCOCC3)cc2)cc1. The minimum Gasteiger partial charge on any atom is -0.370 e. The van der Waals surface area contributed by atoms with Crippen molar-refractivity contribution >= 4 is 28.9 Å². The van der Waals surface area contributed by atoms with E-state index >= 15 is 0 Å². The van der Waals surface area contributed by atoms with Gasteiger partial charge in [-0.3, -0.25) is 10.1 Å². The molecule has 5 nitrogen and oxygen atoms in total. The molecule has 0 spiro atoms. The molecule has 1 aliphatic rings. The lowest BCUT2D eigenvalue weighted by atomic mass is 10.0. The Morgan fingerprint density at radius 3 is 2.32 bits per heavy atom. The molecule has 148 valence electrons. The summed E-state index contributed by atoms with van der Waals surface area (Å²) in [6.07, 6.45) is 0. The summed E-state index contributed by atoms with van der Waals surface area (Å²) < 4.78 is 5.40. The molecule has 3 rings (SSSR count). The third-order valence-electron chi connectivity index (χ3n) is 4.93. The van der Waals surface area contributed by atoms with Gasteiger partial charge in [0.15, 0.2) is 5.11 Å². The van der Waals surface area contributed by atoms with Crippen LogP contribution in [0.5, 0.6) is 0 Å². The van der Waals surface area contributed by atoms with Crippen molar-refractivity contribution in [1.82, 2.24) is 5.32 Å². The molecular formula is C22H28N3O2S+. The Kier molecular flexibility index (Phi) is 7.14. The maximum atomic E-state index is 12.4. The van der Waals surface area contributed by atoms with E-state index in [0.29, 0.717) is 16.6 Å². The van der Waals surface area contributed by atoms with Crippen molar-refractivity contribution in [3.63, 3.8) is 0 Å². The number of ether oxygens (including phenoxy) is 1. The highest BCUT2D eigenvalue weighted by atomic mass is 32.1. The molecule has 1 heterocycles. The van der Waals surface area contributed by atoms with Gasteiger partial charge >= 0.3 is 0 Å². The van der Waals surface area contributed by atoms with Crippen LogP contribution in [0, 0.1) is 0 Å². The summed E-state index contributed by atoms with van der Waals surface area (Å²) in [6, 6.07) is 15.8. The summed E-state index contributed by atoms with van der Waals surface area (Å²) in [5, 5.41) is 6.11. The number of morpholine rings is 1. The van der Waals surface area contributed by atoms with Gasteiger partial charge < -0.3 is 15.0 Å². The first-order chi connectivity index (χ1) is 13.5. The predicted octanol–water partition coefficient (Wildman–Crippen LogP) is 2.35. The second kappa shape index (κ2) is 9.78. The van der Waals surface area contributed by atoms with Crippen LogP contribution in [-0.4, -0.2) is 37.3 Å². The minimum atomic E-state index is -0.208. The first-order valence-electron chi connectivity index (χ1n) is 9.74. The van der Waals surface area contributed by atoms with Crippen LogP contribution >= 0.6 is 12.2 Å². The van der Waals surface area contributed by atoms with E-state index in [4.69, 9.17) is 17.0 Å². The minimum absolute atomic E-state index is 0.208. The Labute approximate surface area is 172 Å². The van der Waals surface area contributed by atoms with E-state index < -0.39 is 0 Å². The molecule has 0 saturated carbocycles. The predicted molar refractivity (Wildman–Crippen MR) is 116 cm³/mol. The quantitative estimate of drug-likeness (QED) is 0.677. The second-order valence-corrected chi connectivity index (χ2v) is 7.83. The molecule has 1 aliphatic heterocycles. The highest BCUT2D eigenvalue weighted by Gasteiger charge is 2.14. The molecule has 1 amide bonds. The van der Waals surface area contributed by atoms with E-state index in [9.17, 15) is 4.79 Å². The molecule has 0 aromatic heterocycles. The highest BCUT2D eigenvalue weighted by molar-refractivity contribution is 7.80. The zero-order chi connectivity index (χ0) is 19.9. The summed E-state index contributed by atoms with van der Waals surface area (Å²) in [5.41, 5.74) is 3.94. The summed E-state index contributed by atoms with van der Waals surface area (Å²) in [6.45, 7) is 9.02. The van der Waals surface area contributed by atoms with Crippen LogP contribution in [0.15, 0.2) is 48.5 Å². The molecule has 28 heavy (non-hydrogen) atoms. The standard InChI is InChI=1S/C22H27N3O2S/c1-16(2)18-5-7-19(8-6-18)21(26)24-22(28)23-20-9-3-17(4-10-20)15-25-11-13-27-14-12-25/h3-10,16H,11-15H2,1-2H3,(H2,23,24,26,28)/p+1. The lowest BCUT2D eigenvalue weighted by Crippen LogP contribution is -3.12. The van der Waals surface area contributed by atoms with Crippen LogP contribution in [0.25, 0.3) is 0 Å². The first-order valence-corrected chi connectivity index (χ1v) is 10.1. The molecular weight excluding hydrogens is 370 g/mol. The Bertz CT molecular complexity index is 798. The van der Waals surface area contributed by atoms with Gasteiger partial charge in [-0.15, -0.1) is 0 Å². The number of amides is 1. The number of quaternary nitrogens is 1. The lowest BCUT2D eigenvalue weighted by molar-refractivity contribution is -0.921. The number of carbonyl (C=O) groups is 1. The topological polar surface area (TPSA) is 54.8 Å². The van der Waals surface area contributed by atoms with Crippen LogP contribution < -0.4 is 15.5 Å². The fraction of sp³-hybridized carbons (Fsp3) is 0.364. The van der Waals surface area contributed by atoms with Gasteiger partial charge in [-0.05, 0) is 48.0 Å². The van der Waals surface area contributed by atoms with E-state index in [2.05, 4.69) is 36.6 Å². The number of hydrogen-bond acceptors (Lipinski definition) is 3. The Morgan fingerprint density at radius 2 is 1.71 bits per heavy atom. The molecule has 2 aromatic rings. The van der Waals surface area contributed by atoms with E-state index in [1.807, 2.05) is 36.4 Å². The summed E-state index contributed by atoms with van der Waals surface area (Å²) in [5.74, 6) is 0.230. The molecule has 2 aromatic carbocycles. The van der Waals surface area contributed by atoms with Crippen LogP contribution in [0.2, 0.25) is 0 Å². The smallest absolute Gasteiger partial charge is 0.257 e. The molecule has 3 N–H and O–H groups in total. The summed E-state index contributed by atoms with van der Waals surface area (Å²) in [4.78, 5) is 13.9. The van der Waals surface area contributed by atoms with Gasteiger partial charge in [-0.2, -0.15) is 0 Å². The van der Waals surface area contributed by atoms with Crippen LogP contribution in [0.3, 0.4) is 0 Å². The zero-order valence-electron chi connectivity index (χ0n) is 16.5. The van der Waals surface area contributed by atoms with Crippen molar-refractivity contribution in [1.29, 1.82) is 0 Å². The Hall–Kier alpha value is -2.28. The molecule has 0 radical (unpaired) electrons. The average Bonchev–Trinajstić information content (AvgIpc) is 2.70. The molecule has 0 atom stereocenters. The fourth-order valence-electron chi connectivity index (χ4n) is 3.19. The van der Waals surface area contributed by atoms with Gasteiger partial charge in [-0.1, -0.05) is 38.1 Å². The molecule has 1 fully saturated rings. The maximum absolute atomic E-state index is 12.4. The van der Waals surface area contributed by atoms with Crippen molar-refractivity contribution in [3.8, 4) is 0 Å².